The molecule has 1 aromatic rings. The third-order valence-electron chi connectivity index (χ3n) is 2.08. The quantitative estimate of drug-likeness (QED) is 0.666. The van der Waals surface area contributed by atoms with Crippen molar-refractivity contribution in [2.45, 2.75) is 13.0 Å². The fraction of sp³-hybridized carbons (Fsp3) is 0.222. The van der Waals surface area contributed by atoms with E-state index < -0.39 is 17.7 Å². The van der Waals surface area contributed by atoms with Crippen LogP contribution < -0.4 is 10.6 Å². The van der Waals surface area contributed by atoms with E-state index in [0.29, 0.717) is 5.69 Å². The van der Waals surface area contributed by atoms with Gasteiger partial charge in [0.05, 0.1) is 11.4 Å². The van der Waals surface area contributed by atoms with E-state index in [4.69, 9.17) is 0 Å². The lowest BCUT2D eigenvalue weighted by Gasteiger charge is -2.24. The smallest absolute Gasteiger partial charge is 0.246 e. The van der Waals surface area contributed by atoms with Crippen LogP contribution in [-0.4, -0.2) is 11.9 Å². The number of fused-ring (bicyclic) bond motifs is 1. The molecule has 0 aliphatic carbocycles. The van der Waals surface area contributed by atoms with Crippen molar-refractivity contribution in [1.82, 2.24) is 0 Å². The summed E-state index contributed by atoms with van der Waals surface area (Å²) in [5.41, 5.74) is 0.669. The highest BCUT2D eigenvalue weighted by molar-refractivity contribution is 6.02. The molecule has 0 aromatic heterocycles. The third kappa shape index (κ3) is 1.30. The van der Waals surface area contributed by atoms with Crippen molar-refractivity contribution in [3.8, 4) is 0 Å². The lowest BCUT2D eigenvalue weighted by Crippen LogP contribution is -2.36. The molecule has 1 aromatic carbocycles. The standard InChI is InChI=1S/C9H8F2N2O/c1-4-9(14)13-8-3-6(11)5(10)2-7(8)12-4/h2-4,12H,1H3,(H,13,14). The SMILES string of the molecule is CC1Nc2cc(F)c(F)cc2NC1=O. The third-order valence-corrected chi connectivity index (χ3v) is 2.08. The van der Waals surface area contributed by atoms with Crippen molar-refractivity contribution < 1.29 is 13.6 Å². The number of carbonyl (C=O) groups excluding carboxylic acids is 1. The summed E-state index contributed by atoms with van der Waals surface area (Å²) in [5, 5.41) is 5.23. The van der Waals surface area contributed by atoms with Crippen molar-refractivity contribution in [2.24, 2.45) is 0 Å². The largest absolute Gasteiger partial charge is 0.372 e. The number of amides is 1. The summed E-state index contributed by atoms with van der Waals surface area (Å²) < 4.78 is 25.6. The minimum Gasteiger partial charge on any atom is -0.372 e. The van der Waals surface area contributed by atoms with E-state index in [0.717, 1.165) is 12.1 Å². The average molecular weight is 198 g/mol. The predicted octanol–water partition coefficient (Wildman–Crippen LogP) is 1.72. The van der Waals surface area contributed by atoms with Gasteiger partial charge >= 0.3 is 0 Å². The molecule has 1 unspecified atom stereocenters. The fourth-order valence-electron chi connectivity index (χ4n) is 1.31. The van der Waals surface area contributed by atoms with Crippen LogP contribution in [0, 0.1) is 11.6 Å². The van der Waals surface area contributed by atoms with Gasteiger partial charge in [0.25, 0.3) is 0 Å². The molecule has 5 heteroatoms. The molecule has 2 N–H and O–H groups in total. The van der Waals surface area contributed by atoms with E-state index in [1.54, 1.807) is 6.92 Å². The van der Waals surface area contributed by atoms with Crippen LogP contribution in [0.2, 0.25) is 0 Å². The number of anilines is 2. The second-order valence-electron chi connectivity index (χ2n) is 3.17. The van der Waals surface area contributed by atoms with Gasteiger partial charge < -0.3 is 10.6 Å². The van der Waals surface area contributed by atoms with E-state index in [2.05, 4.69) is 10.6 Å². The Balaban J connectivity index is 2.47. The summed E-state index contributed by atoms with van der Waals surface area (Å²) in [6.07, 6.45) is 0. The van der Waals surface area contributed by atoms with Gasteiger partial charge in [0.15, 0.2) is 11.6 Å². The molecule has 1 atom stereocenters. The molecular formula is C9H8F2N2O. The summed E-state index contributed by atoms with van der Waals surface area (Å²) in [6.45, 7) is 1.64. The van der Waals surface area contributed by atoms with Crippen molar-refractivity contribution in [2.75, 3.05) is 10.6 Å². The summed E-state index contributed by atoms with van der Waals surface area (Å²) in [6, 6.07) is 1.55. The average Bonchev–Trinajstić information content (AvgIpc) is 2.11. The second kappa shape index (κ2) is 2.94. The van der Waals surface area contributed by atoms with Crippen LogP contribution in [0.15, 0.2) is 12.1 Å². The Morgan fingerprint density at radius 1 is 1.21 bits per heavy atom. The Bertz CT molecular complexity index is 406. The van der Waals surface area contributed by atoms with Crippen LogP contribution in [0.5, 0.6) is 0 Å². The van der Waals surface area contributed by atoms with Gasteiger partial charge in [-0.2, -0.15) is 0 Å². The predicted molar refractivity (Wildman–Crippen MR) is 48.1 cm³/mol. The van der Waals surface area contributed by atoms with Gasteiger partial charge in [0.2, 0.25) is 5.91 Å². The molecule has 14 heavy (non-hydrogen) atoms. The topological polar surface area (TPSA) is 41.1 Å². The number of rotatable bonds is 0. The molecule has 0 saturated heterocycles. The van der Waals surface area contributed by atoms with Gasteiger partial charge in [-0.1, -0.05) is 0 Å². The van der Waals surface area contributed by atoms with Gasteiger partial charge in [-0.25, -0.2) is 8.78 Å². The Labute approximate surface area is 79.1 Å². The van der Waals surface area contributed by atoms with Gasteiger partial charge in [0.1, 0.15) is 6.04 Å². The fourth-order valence-corrected chi connectivity index (χ4v) is 1.31. The molecule has 0 saturated carbocycles. The van der Waals surface area contributed by atoms with Crippen LogP contribution in [0.25, 0.3) is 0 Å². The van der Waals surface area contributed by atoms with Crippen LogP contribution in [0.1, 0.15) is 6.92 Å². The summed E-state index contributed by atoms with van der Waals surface area (Å²) in [5.74, 6) is -2.16. The molecule has 1 aliphatic rings. The van der Waals surface area contributed by atoms with E-state index in [-0.39, 0.29) is 11.6 Å². The number of halogens is 2. The molecule has 3 nitrogen and oxygen atoms in total. The highest BCUT2D eigenvalue weighted by Crippen LogP contribution is 2.28. The Hall–Kier alpha value is -1.65. The number of benzene rings is 1. The van der Waals surface area contributed by atoms with E-state index in [1.165, 1.54) is 0 Å². The summed E-state index contributed by atoms with van der Waals surface area (Å²) in [4.78, 5) is 11.2. The zero-order chi connectivity index (χ0) is 10.3. The van der Waals surface area contributed by atoms with E-state index in [9.17, 15) is 13.6 Å². The maximum atomic E-state index is 12.8. The Morgan fingerprint density at radius 2 is 1.79 bits per heavy atom. The highest BCUT2D eigenvalue weighted by Gasteiger charge is 2.22. The first-order valence-corrected chi connectivity index (χ1v) is 4.14. The molecular weight excluding hydrogens is 190 g/mol. The van der Waals surface area contributed by atoms with Crippen molar-refractivity contribution in [3.63, 3.8) is 0 Å². The first kappa shape index (κ1) is 8.93. The van der Waals surface area contributed by atoms with Crippen molar-refractivity contribution in [3.05, 3.63) is 23.8 Å². The molecule has 0 radical (unpaired) electrons. The maximum absolute atomic E-state index is 12.8. The lowest BCUT2D eigenvalue weighted by atomic mass is 10.1. The Kier molecular flexibility index (Phi) is 1.87. The number of carbonyl (C=O) groups is 1. The lowest BCUT2D eigenvalue weighted by molar-refractivity contribution is -0.116. The number of hydrogen-bond donors (Lipinski definition) is 2. The highest BCUT2D eigenvalue weighted by atomic mass is 19.2. The van der Waals surface area contributed by atoms with Gasteiger partial charge in [0, 0.05) is 12.1 Å². The Morgan fingerprint density at radius 3 is 2.43 bits per heavy atom. The van der Waals surface area contributed by atoms with Crippen LogP contribution in [-0.2, 0) is 4.79 Å². The van der Waals surface area contributed by atoms with E-state index in [1.807, 2.05) is 0 Å². The molecule has 1 amide bonds. The molecule has 0 bridgehead atoms. The van der Waals surface area contributed by atoms with Crippen LogP contribution >= 0.6 is 0 Å². The van der Waals surface area contributed by atoms with Gasteiger partial charge in [-0.15, -0.1) is 0 Å². The minimum atomic E-state index is -0.972. The molecule has 1 aliphatic heterocycles. The molecule has 1 heterocycles. The normalized spacial score (nSPS) is 19.6. The molecule has 0 fully saturated rings. The summed E-state index contributed by atoms with van der Waals surface area (Å²) in [7, 11) is 0. The van der Waals surface area contributed by atoms with Crippen molar-refractivity contribution >= 4 is 17.3 Å². The van der Waals surface area contributed by atoms with Gasteiger partial charge in [-0.05, 0) is 6.92 Å². The number of nitrogens with one attached hydrogen (secondary N) is 2. The first-order valence-electron chi connectivity index (χ1n) is 4.14. The van der Waals surface area contributed by atoms with Crippen LogP contribution in [0.4, 0.5) is 20.2 Å². The maximum Gasteiger partial charge on any atom is 0.246 e. The second-order valence-corrected chi connectivity index (χ2v) is 3.17. The minimum absolute atomic E-state index is 0.261. The first-order chi connectivity index (χ1) is 6.58. The molecule has 0 spiro atoms. The number of hydrogen-bond acceptors (Lipinski definition) is 2. The molecule has 2 rings (SSSR count). The monoisotopic (exact) mass is 198 g/mol. The van der Waals surface area contributed by atoms with Gasteiger partial charge in [-0.3, -0.25) is 4.79 Å². The van der Waals surface area contributed by atoms with E-state index >= 15 is 0 Å². The zero-order valence-electron chi connectivity index (χ0n) is 7.40. The van der Waals surface area contributed by atoms with Crippen molar-refractivity contribution in [1.29, 1.82) is 0 Å². The van der Waals surface area contributed by atoms with Crippen LogP contribution in [0.3, 0.4) is 0 Å². The summed E-state index contributed by atoms with van der Waals surface area (Å²) >= 11 is 0. The molecule has 74 valence electrons. The zero-order valence-corrected chi connectivity index (χ0v) is 7.40.